The number of hydrogen-bond donors (Lipinski definition) is 2. The Hall–Kier alpha value is -2.37. The lowest BCUT2D eigenvalue weighted by Crippen LogP contribution is -2.27. The number of carboxylic acids is 1. The van der Waals surface area contributed by atoms with E-state index in [0.29, 0.717) is 10.6 Å². The fourth-order valence-corrected chi connectivity index (χ4v) is 4.00. The molecule has 150 valence electrons. The summed E-state index contributed by atoms with van der Waals surface area (Å²) in [6, 6.07) is 13.3. The minimum Gasteiger partial charge on any atom is -0.481 e. The summed E-state index contributed by atoms with van der Waals surface area (Å²) in [6.45, 7) is 4.24. The Morgan fingerprint density at radius 3 is 2.48 bits per heavy atom. The van der Waals surface area contributed by atoms with Crippen molar-refractivity contribution >= 4 is 51.1 Å². The molecule has 0 bridgehead atoms. The zero-order valence-electron chi connectivity index (χ0n) is 16.1. The Kier molecular flexibility index (Phi) is 6.30. The monoisotopic (exact) mass is 473 g/mol. The van der Waals surface area contributed by atoms with E-state index in [9.17, 15) is 9.59 Å². The van der Waals surface area contributed by atoms with Crippen LogP contribution >= 0.6 is 27.5 Å². The van der Waals surface area contributed by atoms with Crippen LogP contribution in [0.3, 0.4) is 0 Å². The standard InChI is InChI=1S/C23H21BrClNO3/c1-23(2)18(10-5-14-3-7-16(25)8-4-14)21(22(29)26-12-11-20(27)28)17-9-6-15(24)13-19(17)23/h3-10,13H,11-12H2,1-2H3,(H,26,29)(H,27,28)/b10-5+. The highest BCUT2D eigenvalue weighted by molar-refractivity contribution is 9.10. The van der Waals surface area contributed by atoms with Crippen LogP contribution in [0.5, 0.6) is 0 Å². The van der Waals surface area contributed by atoms with Gasteiger partial charge in [-0.1, -0.05) is 71.7 Å². The van der Waals surface area contributed by atoms with Gasteiger partial charge in [-0.15, -0.1) is 0 Å². The van der Waals surface area contributed by atoms with Crippen LogP contribution in [0.25, 0.3) is 11.6 Å². The first kappa shape index (κ1) is 21.3. The summed E-state index contributed by atoms with van der Waals surface area (Å²) in [5.41, 5.74) is 3.95. The largest absolute Gasteiger partial charge is 0.481 e. The first-order valence-electron chi connectivity index (χ1n) is 9.19. The zero-order valence-corrected chi connectivity index (χ0v) is 18.5. The highest BCUT2D eigenvalue weighted by atomic mass is 79.9. The van der Waals surface area contributed by atoms with Crippen molar-refractivity contribution in [3.05, 3.63) is 80.3 Å². The molecule has 0 aromatic heterocycles. The molecule has 0 saturated carbocycles. The highest BCUT2D eigenvalue weighted by Gasteiger charge is 2.39. The molecular weight excluding hydrogens is 454 g/mol. The molecule has 0 spiro atoms. The third-order valence-electron chi connectivity index (χ3n) is 5.03. The van der Waals surface area contributed by atoms with Crippen molar-refractivity contribution in [2.24, 2.45) is 0 Å². The molecule has 2 N–H and O–H groups in total. The van der Waals surface area contributed by atoms with E-state index in [2.05, 4.69) is 35.1 Å². The lowest BCUT2D eigenvalue weighted by molar-refractivity contribution is -0.136. The minimum absolute atomic E-state index is 0.0815. The Balaban J connectivity index is 2.03. The molecule has 1 aliphatic carbocycles. The minimum atomic E-state index is -0.946. The lowest BCUT2D eigenvalue weighted by atomic mass is 9.81. The number of allylic oxidation sites excluding steroid dienone is 2. The quantitative estimate of drug-likeness (QED) is 0.585. The average molecular weight is 475 g/mol. The predicted molar refractivity (Wildman–Crippen MR) is 120 cm³/mol. The third kappa shape index (κ3) is 4.62. The molecule has 1 amide bonds. The highest BCUT2D eigenvalue weighted by Crippen LogP contribution is 2.47. The second kappa shape index (κ2) is 8.56. The number of carbonyl (C=O) groups is 2. The maximum absolute atomic E-state index is 13.0. The average Bonchev–Trinajstić information content (AvgIpc) is 2.87. The van der Waals surface area contributed by atoms with Crippen LogP contribution in [0.1, 0.15) is 37.0 Å². The fourth-order valence-electron chi connectivity index (χ4n) is 3.52. The molecule has 0 atom stereocenters. The van der Waals surface area contributed by atoms with Crippen molar-refractivity contribution in [3.8, 4) is 0 Å². The van der Waals surface area contributed by atoms with Crippen LogP contribution in [-0.4, -0.2) is 23.5 Å². The van der Waals surface area contributed by atoms with Gasteiger partial charge in [0.25, 0.3) is 5.91 Å². The Morgan fingerprint density at radius 1 is 1.14 bits per heavy atom. The number of aliphatic carboxylic acids is 1. The van der Waals surface area contributed by atoms with Gasteiger partial charge in [-0.2, -0.15) is 0 Å². The van der Waals surface area contributed by atoms with E-state index < -0.39 is 5.97 Å². The molecule has 0 unspecified atom stereocenters. The number of amides is 1. The van der Waals surface area contributed by atoms with Crippen LogP contribution in [-0.2, 0) is 15.0 Å². The van der Waals surface area contributed by atoms with E-state index in [1.54, 1.807) is 0 Å². The van der Waals surface area contributed by atoms with E-state index in [1.165, 1.54) is 0 Å². The van der Waals surface area contributed by atoms with Crippen molar-refractivity contribution in [2.75, 3.05) is 6.54 Å². The Labute approximate surface area is 183 Å². The number of benzene rings is 2. The normalized spacial score (nSPS) is 14.9. The second-order valence-electron chi connectivity index (χ2n) is 7.39. The molecule has 3 rings (SSSR count). The van der Waals surface area contributed by atoms with Gasteiger partial charge >= 0.3 is 5.97 Å². The summed E-state index contributed by atoms with van der Waals surface area (Å²) in [4.78, 5) is 23.8. The number of fused-ring (bicyclic) bond motifs is 1. The summed E-state index contributed by atoms with van der Waals surface area (Å²) in [6.07, 6.45) is 3.80. The number of carbonyl (C=O) groups excluding carboxylic acids is 1. The SMILES string of the molecule is CC1(C)C(/C=C/c2ccc(Cl)cc2)=C(C(=O)NCCC(=O)O)c2ccc(Br)cc21. The molecule has 0 radical (unpaired) electrons. The van der Waals surface area contributed by atoms with Crippen LogP contribution in [0, 0.1) is 0 Å². The van der Waals surface area contributed by atoms with Crippen molar-refractivity contribution in [3.63, 3.8) is 0 Å². The van der Waals surface area contributed by atoms with Crippen molar-refractivity contribution in [1.82, 2.24) is 5.32 Å². The van der Waals surface area contributed by atoms with E-state index in [-0.39, 0.29) is 24.3 Å². The molecule has 2 aromatic rings. The second-order valence-corrected chi connectivity index (χ2v) is 8.74. The van der Waals surface area contributed by atoms with Gasteiger partial charge in [0, 0.05) is 21.5 Å². The molecule has 1 aliphatic rings. The number of nitrogens with one attached hydrogen (secondary N) is 1. The van der Waals surface area contributed by atoms with Gasteiger partial charge in [0.05, 0.1) is 12.0 Å². The van der Waals surface area contributed by atoms with Crippen molar-refractivity contribution in [1.29, 1.82) is 0 Å². The number of rotatable bonds is 6. The molecule has 0 heterocycles. The van der Waals surface area contributed by atoms with Crippen molar-refractivity contribution in [2.45, 2.75) is 25.7 Å². The summed E-state index contributed by atoms with van der Waals surface area (Å²) in [5.74, 6) is -1.21. The van der Waals surface area contributed by atoms with Gasteiger partial charge in [-0.25, -0.2) is 0 Å². The fraction of sp³-hybridized carbons (Fsp3) is 0.217. The lowest BCUT2D eigenvalue weighted by Gasteiger charge is -2.23. The topological polar surface area (TPSA) is 66.4 Å². The van der Waals surface area contributed by atoms with Gasteiger partial charge in [0.15, 0.2) is 0 Å². The van der Waals surface area contributed by atoms with Crippen LogP contribution in [0.15, 0.2) is 58.6 Å². The number of halogens is 2. The van der Waals surface area contributed by atoms with Crippen molar-refractivity contribution < 1.29 is 14.7 Å². The van der Waals surface area contributed by atoms with Gasteiger partial charge in [0.1, 0.15) is 0 Å². The first-order valence-corrected chi connectivity index (χ1v) is 10.4. The van der Waals surface area contributed by atoms with Gasteiger partial charge in [-0.05, 0) is 46.5 Å². The van der Waals surface area contributed by atoms with Crippen LogP contribution in [0.4, 0.5) is 0 Å². The Morgan fingerprint density at radius 2 is 1.83 bits per heavy atom. The van der Waals surface area contributed by atoms with Crippen LogP contribution < -0.4 is 5.32 Å². The molecule has 0 saturated heterocycles. The maximum Gasteiger partial charge on any atom is 0.305 e. The summed E-state index contributed by atoms with van der Waals surface area (Å²) >= 11 is 9.48. The molecule has 6 heteroatoms. The number of hydrogen-bond acceptors (Lipinski definition) is 2. The maximum atomic E-state index is 13.0. The molecule has 29 heavy (non-hydrogen) atoms. The summed E-state index contributed by atoms with van der Waals surface area (Å²) in [5, 5.41) is 12.3. The Bertz CT molecular complexity index is 1020. The summed E-state index contributed by atoms with van der Waals surface area (Å²) in [7, 11) is 0. The van der Waals surface area contributed by atoms with E-state index >= 15 is 0 Å². The zero-order chi connectivity index (χ0) is 21.2. The molecule has 0 fully saturated rings. The van der Waals surface area contributed by atoms with Gasteiger partial charge in [0.2, 0.25) is 0 Å². The molecule has 4 nitrogen and oxygen atoms in total. The molecule has 2 aromatic carbocycles. The molecule has 0 aliphatic heterocycles. The van der Waals surface area contributed by atoms with Gasteiger partial charge in [-0.3, -0.25) is 9.59 Å². The van der Waals surface area contributed by atoms with E-state index in [0.717, 1.165) is 26.7 Å². The third-order valence-corrected chi connectivity index (χ3v) is 5.78. The number of carboxylic acid groups (broad SMARTS) is 1. The molecular formula is C23H21BrClNO3. The predicted octanol–water partition coefficient (Wildman–Crippen LogP) is 5.45. The van der Waals surface area contributed by atoms with E-state index in [1.807, 2.05) is 54.6 Å². The van der Waals surface area contributed by atoms with Gasteiger partial charge < -0.3 is 10.4 Å². The van der Waals surface area contributed by atoms with Crippen LogP contribution in [0.2, 0.25) is 5.02 Å². The summed E-state index contributed by atoms with van der Waals surface area (Å²) < 4.78 is 0.942. The van der Waals surface area contributed by atoms with E-state index in [4.69, 9.17) is 16.7 Å². The smallest absolute Gasteiger partial charge is 0.305 e. The first-order chi connectivity index (χ1) is 13.7.